The maximum absolute atomic E-state index is 13.3. The molecule has 5 nitrogen and oxygen atoms in total. The van der Waals surface area contributed by atoms with Crippen LogP contribution in [0.15, 0.2) is 54.2 Å². The lowest BCUT2D eigenvalue weighted by Crippen LogP contribution is -2.40. The van der Waals surface area contributed by atoms with Crippen molar-refractivity contribution in [3.05, 3.63) is 70.9 Å². The molecule has 2 aliphatic heterocycles. The molecule has 0 N–H and O–H groups in total. The van der Waals surface area contributed by atoms with E-state index in [4.69, 9.17) is 4.74 Å². The van der Waals surface area contributed by atoms with Crippen LogP contribution in [0.1, 0.15) is 44.4 Å². The number of fused-ring (bicyclic) bond motifs is 1. The minimum atomic E-state index is -0.221. The smallest absolute Gasteiger partial charge is 0.278 e. The topological polar surface area (TPSA) is 49.9 Å². The van der Waals surface area contributed by atoms with Gasteiger partial charge in [0.25, 0.3) is 11.8 Å². The summed E-state index contributed by atoms with van der Waals surface area (Å²) in [4.78, 5) is 30.1. The van der Waals surface area contributed by atoms with Crippen LogP contribution in [-0.4, -0.2) is 40.3 Å². The Morgan fingerprint density at radius 1 is 0.867 bits per heavy atom. The van der Waals surface area contributed by atoms with Gasteiger partial charge in [0.2, 0.25) is 0 Å². The first-order chi connectivity index (χ1) is 14.4. The molecule has 2 aromatic rings. The molecule has 0 atom stereocenters. The molecule has 0 bridgehead atoms. The predicted octanol–water partition coefficient (Wildman–Crippen LogP) is 4.02. The molecule has 0 saturated carbocycles. The van der Waals surface area contributed by atoms with Crippen LogP contribution in [0.3, 0.4) is 0 Å². The lowest BCUT2D eigenvalue weighted by atomic mass is 9.98. The summed E-state index contributed by atoms with van der Waals surface area (Å²) in [7, 11) is 0. The normalized spacial score (nSPS) is 16.7. The second-order valence-corrected chi connectivity index (χ2v) is 8.43. The Balaban J connectivity index is 1.75. The van der Waals surface area contributed by atoms with E-state index in [1.165, 1.54) is 16.0 Å². The molecule has 0 fully saturated rings. The summed E-state index contributed by atoms with van der Waals surface area (Å²) in [5.74, 6) is 0.327. The fourth-order valence-corrected chi connectivity index (χ4v) is 4.22. The van der Waals surface area contributed by atoms with E-state index < -0.39 is 0 Å². The predicted molar refractivity (Wildman–Crippen MR) is 117 cm³/mol. The first-order valence-corrected chi connectivity index (χ1v) is 10.6. The van der Waals surface area contributed by atoms with Gasteiger partial charge < -0.3 is 9.64 Å². The van der Waals surface area contributed by atoms with Gasteiger partial charge in [0.1, 0.15) is 11.4 Å². The maximum Gasteiger partial charge on any atom is 0.278 e. The summed E-state index contributed by atoms with van der Waals surface area (Å²) < 4.78 is 5.73. The SMILES string of the molecule is CC(C)Oc1ccc(C2=C(N3CCc4ccccc4C3)C(=O)N(C(C)C)C2=O)cc1. The fraction of sp³-hybridized carbons (Fsp3) is 0.360. The van der Waals surface area contributed by atoms with Crippen molar-refractivity contribution >= 4 is 17.4 Å². The third kappa shape index (κ3) is 3.60. The number of rotatable bonds is 5. The Morgan fingerprint density at radius 2 is 1.53 bits per heavy atom. The van der Waals surface area contributed by atoms with Crippen LogP contribution in [0.2, 0.25) is 0 Å². The monoisotopic (exact) mass is 404 g/mol. The number of carbonyl (C=O) groups excluding carboxylic acids is 2. The molecule has 0 aromatic heterocycles. The highest BCUT2D eigenvalue weighted by molar-refractivity contribution is 6.35. The van der Waals surface area contributed by atoms with Gasteiger partial charge in [-0.1, -0.05) is 36.4 Å². The summed E-state index contributed by atoms with van der Waals surface area (Å²) >= 11 is 0. The summed E-state index contributed by atoms with van der Waals surface area (Å²) in [5.41, 5.74) is 4.27. The molecule has 156 valence electrons. The molecule has 2 aliphatic rings. The Labute approximate surface area is 177 Å². The quantitative estimate of drug-likeness (QED) is 0.707. The first kappa shape index (κ1) is 20.2. The van der Waals surface area contributed by atoms with Gasteiger partial charge in [-0.2, -0.15) is 0 Å². The molecule has 0 spiro atoms. The highest BCUT2D eigenvalue weighted by Gasteiger charge is 2.43. The third-order valence-corrected chi connectivity index (χ3v) is 5.57. The molecule has 0 radical (unpaired) electrons. The average Bonchev–Trinajstić information content (AvgIpc) is 2.98. The molecule has 30 heavy (non-hydrogen) atoms. The van der Waals surface area contributed by atoms with E-state index in [0.29, 0.717) is 17.8 Å². The van der Waals surface area contributed by atoms with Gasteiger partial charge in [-0.25, -0.2) is 0 Å². The fourth-order valence-electron chi connectivity index (χ4n) is 4.22. The van der Waals surface area contributed by atoms with Crippen molar-refractivity contribution in [1.29, 1.82) is 0 Å². The van der Waals surface area contributed by atoms with Crippen molar-refractivity contribution in [3.8, 4) is 5.75 Å². The van der Waals surface area contributed by atoms with E-state index in [9.17, 15) is 9.59 Å². The van der Waals surface area contributed by atoms with Crippen molar-refractivity contribution in [2.24, 2.45) is 0 Å². The lowest BCUT2D eigenvalue weighted by molar-refractivity contribution is -0.139. The van der Waals surface area contributed by atoms with Crippen LogP contribution in [0.25, 0.3) is 5.57 Å². The molecule has 0 saturated heterocycles. The van der Waals surface area contributed by atoms with Gasteiger partial charge in [-0.3, -0.25) is 14.5 Å². The molecule has 2 heterocycles. The number of hydrogen-bond acceptors (Lipinski definition) is 4. The van der Waals surface area contributed by atoms with E-state index >= 15 is 0 Å². The molecule has 4 rings (SSSR count). The van der Waals surface area contributed by atoms with Crippen LogP contribution >= 0.6 is 0 Å². The van der Waals surface area contributed by atoms with Crippen LogP contribution in [-0.2, 0) is 22.6 Å². The molecule has 2 amide bonds. The lowest BCUT2D eigenvalue weighted by Gasteiger charge is -2.31. The van der Waals surface area contributed by atoms with E-state index in [-0.39, 0.29) is 24.0 Å². The second kappa shape index (κ2) is 7.98. The number of imide groups is 1. The number of carbonyl (C=O) groups is 2. The van der Waals surface area contributed by atoms with Gasteiger partial charge in [0.15, 0.2) is 0 Å². The van der Waals surface area contributed by atoms with Crippen LogP contribution in [0, 0.1) is 0 Å². The number of amides is 2. The highest BCUT2D eigenvalue weighted by atomic mass is 16.5. The van der Waals surface area contributed by atoms with Crippen LogP contribution < -0.4 is 4.74 Å². The molecular formula is C25H28N2O3. The summed E-state index contributed by atoms with van der Waals surface area (Å²) in [6.45, 7) is 9.05. The largest absolute Gasteiger partial charge is 0.491 e. The van der Waals surface area contributed by atoms with Gasteiger partial charge >= 0.3 is 0 Å². The van der Waals surface area contributed by atoms with E-state index in [2.05, 4.69) is 17.0 Å². The highest BCUT2D eigenvalue weighted by Crippen LogP contribution is 2.35. The minimum absolute atomic E-state index is 0.0742. The number of benzene rings is 2. The zero-order valence-electron chi connectivity index (χ0n) is 18.0. The van der Waals surface area contributed by atoms with Crippen LogP contribution in [0.5, 0.6) is 5.75 Å². The maximum atomic E-state index is 13.3. The Morgan fingerprint density at radius 3 is 2.17 bits per heavy atom. The van der Waals surface area contributed by atoms with Gasteiger partial charge in [-0.05, 0) is 62.9 Å². The van der Waals surface area contributed by atoms with Crippen molar-refractivity contribution in [3.63, 3.8) is 0 Å². The zero-order chi connectivity index (χ0) is 21.4. The van der Waals surface area contributed by atoms with Crippen molar-refractivity contribution in [2.75, 3.05) is 6.54 Å². The Hall–Kier alpha value is -3.08. The average molecular weight is 405 g/mol. The minimum Gasteiger partial charge on any atom is -0.491 e. The second-order valence-electron chi connectivity index (χ2n) is 8.43. The molecule has 0 aliphatic carbocycles. The van der Waals surface area contributed by atoms with Crippen molar-refractivity contribution < 1.29 is 14.3 Å². The van der Waals surface area contributed by atoms with E-state index in [1.807, 2.05) is 64.1 Å². The summed E-state index contributed by atoms with van der Waals surface area (Å²) in [6, 6.07) is 15.6. The molecule has 2 aromatic carbocycles. The molecule has 5 heteroatoms. The van der Waals surface area contributed by atoms with E-state index in [1.54, 1.807) is 0 Å². The third-order valence-electron chi connectivity index (χ3n) is 5.57. The number of nitrogens with zero attached hydrogens (tertiary/aromatic N) is 2. The van der Waals surface area contributed by atoms with Crippen LogP contribution in [0.4, 0.5) is 0 Å². The summed E-state index contributed by atoms with van der Waals surface area (Å²) in [5, 5.41) is 0. The standard InChI is InChI=1S/C25H28N2O3/c1-16(2)27-24(28)22(19-9-11-21(12-10-19)30-17(3)4)23(25(27)29)26-14-13-18-7-5-6-8-20(18)15-26/h5-12,16-17H,13-15H2,1-4H3. The zero-order valence-corrected chi connectivity index (χ0v) is 18.0. The molecule has 0 unspecified atom stereocenters. The van der Waals surface area contributed by atoms with Gasteiger partial charge in [0, 0.05) is 19.1 Å². The van der Waals surface area contributed by atoms with Crippen molar-refractivity contribution in [1.82, 2.24) is 9.80 Å². The van der Waals surface area contributed by atoms with E-state index in [0.717, 1.165) is 24.3 Å². The summed E-state index contributed by atoms with van der Waals surface area (Å²) in [6.07, 6.45) is 0.933. The van der Waals surface area contributed by atoms with Gasteiger partial charge in [0.05, 0.1) is 11.7 Å². The van der Waals surface area contributed by atoms with Gasteiger partial charge in [-0.15, -0.1) is 0 Å². The Bertz CT molecular complexity index is 1010. The Kier molecular flexibility index (Phi) is 5.37. The van der Waals surface area contributed by atoms with Crippen molar-refractivity contribution in [2.45, 2.75) is 52.8 Å². The number of hydrogen-bond donors (Lipinski definition) is 0. The first-order valence-electron chi connectivity index (χ1n) is 10.6. The number of ether oxygens (including phenoxy) is 1. The molecular weight excluding hydrogens is 376 g/mol.